The fraction of sp³-hybridized carbons (Fsp3) is 0.0714. The Morgan fingerprint density at radius 2 is 1.67 bits per heavy atom. The molecular weight excluding hydrogens is 228 g/mol. The highest BCUT2D eigenvalue weighted by atomic mass is 16.6. The Labute approximate surface area is 104 Å². The Morgan fingerprint density at radius 1 is 1.06 bits per heavy atom. The average molecular weight is 238 g/mol. The van der Waals surface area contributed by atoms with Crippen LogP contribution in [0.25, 0.3) is 11.1 Å². The summed E-state index contributed by atoms with van der Waals surface area (Å²) in [5, 5.41) is 19.8. The second kappa shape index (κ2) is 5.11. The van der Waals surface area contributed by atoms with Gasteiger partial charge in [0.05, 0.1) is 23.0 Å². The van der Waals surface area contributed by atoms with E-state index in [1.807, 2.05) is 18.2 Å². The van der Waals surface area contributed by atoms with Gasteiger partial charge in [0.2, 0.25) is 0 Å². The first-order chi connectivity index (χ1) is 8.74. The van der Waals surface area contributed by atoms with Crippen LogP contribution in [0.4, 0.5) is 5.69 Å². The predicted octanol–water partition coefficient (Wildman–Crippen LogP) is 3.33. The number of nitro benzene ring substituents is 1. The van der Waals surface area contributed by atoms with Gasteiger partial charge in [0.15, 0.2) is 0 Å². The van der Waals surface area contributed by atoms with Crippen molar-refractivity contribution in [1.82, 2.24) is 0 Å². The average Bonchev–Trinajstić information content (AvgIpc) is 2.40. The summed E-state index contributed by atoms with van der Waals surface area (Å²) in [5.74, 6) is 0. The van der Waals surface area contributed by atoms with Crippen molar-refractivity contribution < 1.29 is 4.92 Å². The maximum atomic E-state index is 11.0. The molecular formula is C14H10N2O2. The summed E-state index contributed by atoms with van der Waals surface area (Å²) in [5.41, 5.74) is 2.15. The van der Waals surface area contributed by atoms with Crippen molar-refractivity contribution in [2.45, 2.75) is 6.42 Å². The molecule has 0 aliphatic rings. The first-order valence-corrected chi connectivity index (χ1v) is 5.42. The number of hydrogen-bond donors (Lipinski definition) is 0. The standard InChI is InChI=1S/C14H10N2O2/c15-10-9-11-5-1-2-6-12(11)13-7-3-4-8-14(13)16(17)18/h1-8H,9H2. The highest BCUT2D eigenvalue weighted by Gasteiger charge is 2.16. The van der Waals surface area contributed by atoms with Gasteiger partial charge in [0.1, 0.15) is 0 Å². The molecule has 2 rings (SSSR count). The number of para-hydroxylation sites is 1. The fourth-order valence-corrected chi connectivity index (χ4v) is 1.88. The van der Waals surface area contributed by atoms with E-state index in [0.29, 0.717) is 5.56 Å². The molecule has 0 aliphatic carbocycles. The lowest BCUT2D eigenvalue weighted by atomic mass is 9.97. The zero-order valence-electron chi connectivity index (χ0n) is 9.54. The molecule has 0 aromatic heterocycles. The van der Waals surface area contributed by atoms with E-state index >= 15 is 0 Å². The predicted molar refractivity (Wildman–Crippen MR) is 67.8 cm³/mol. The van der Waals surface area contributed by atoms with Gasteiger partial charge in [-0.1, -0.05) is 36.4 Å². The van der Waals surface area contributed by atoms with Crippen LogP contribution in [0.3, 0.4) is 0 Å². The van der Waals surface area contributed by atoms with Crippen molar-refractivity contribution in [3.8, 4) is 17.2 Å². The number of nitriles is 1. The number of rotatable bonds is 3. The first kappa shape index (κ1) is 11.8. The Bertz CT molecular complexity index is 630. The van der Waals surface area contributed by atoms with E-state index in [2.05, 4.69) is 6.07 Å². The Hall–Kier alpha value is -2.67. The minimum atomic E-state index is -0.404. The zero-order chi connectivity index (χ0) is 13.0. The van der Waals surface area contributed by atoms with Crippen LogP contribution in [0, 0.1) is 21.4 Å². The molecule has 0 unspecified atom stereocenters. The van der Waals surface area contributed by atoms with Gasteiger partial charge in [-0.3, -0.25) is 10.1 Å². The topological polar surface area (TPSA) is 66.9 Å². The molecule has 0 radical (unpaired) electrons. The van der Waals surface area contributed by atoms with Gasteiger partial charge in [0.25, 0.3) is 5.69 Å². The molecule has 0 N–H and O–H groups in total. The Balaban J connectivity index is 2.63. The van der Waals surface area contributed by atoms with Crippen LogP contribution < -0.4 is 0 Å². The van der Waals surface area contributed by atoms with Crippen LogP contribution in [-0.2, 0) is 6.42 Å². The van der Waals surface area contributed by atoms with Crippen LogP contribution >= 0.6 is 0 Å². The molecule has 0 saturated carbocycles. The summed E-state index contributed by atoms with van der Waals surface area (Å²) in [6.07, 6.45) is 0.238. The minimum absolute atomic E-state index is 0.0582. The molecule has 0 amide bonds. The van der Waals surface area contributed by atoms with Gasteiger partial charge in [0, 0.05) is 6.07 Å². The zero-order valence-corrected chi connectivity index (χ0v) is 9.54. The van der Waals surface area contributed by atoms with E-state index in [1.54, 1.807) is 24.3 Å². The van der Waals surface area contributed by atoms with Crippen LogP contribution in [0.2, 0.25) is 0 Å². The van der Waals surface area contributed by atoms with Crippen molar-refractivity contribution in [1.29, 1.82) is 5.26 Å². The second-order valence-electron chi connectivity index (χ2n) is 3.77. The number of nitro groups is 1. The molecule has 2 aromatic rings. The van der Waals surface area contributed by atoms with Crippen molar-refractivity contribution >= 4 is 5.69 Å². The van der Waals surface area contributed by atoms with E-state index in [4.69, 9.17) is 5.26 Å². The van der Waals surface area contributed by atoms with Crippen molar-refractivity contribution in [2.24, 2.45) is 0 Å². The third kappa shape index (κ3) is 2.20. The minimum Gasteiger partial charge on any atom is -0.258 e. The molecule has 0 bridgehead atoms. The Kier molecular flexibility index (Phi) is 3.35. The SMILES string of the molecule is N#CCc1ccccc1-c1ccccc1[N+](=O)[O-]. The van der Waals surface area contributed by atoms with E-state index < -0.39 is 4.92 Å². The Morgan fingerprint density at radius 3 is 2.33 bits per heavy atom. The molecule has 88 valence electrons. The molecule has 2 aromatic carbocycles. The van der Waals surface area contributed by atoms with Crippen molar-refractivity contribution in [2.75, 3.05) is 0 Å². The summed E-state index contributed by atoms with van der Waals surface area (Å²) in [4.78, 5) is 10.6. The molecule has 0 atom stereocenters. The quantitative estimate of drug-likeness (QED) is 0.608. The second-order valence-corrected chi connectivity index (χ2v) is 3.77. The number of nitrogens with zero attached hydrogens (tertiary/aromatic N) is 2. The molecule has 0 heterocycles. The molecule has 0 spiro atoms. The maximum Gasteiger partial charge on any atom is 0.277 e. The van der Waals surface area contributed by atoms with Crippen LogP contribution in [0.1, 0.15) is 5.56 Å². The van der Waals surface area contributed by atoms with Gasteiger partial charge in [-0.05, 0) is 17.2 Å². The van der Waals surface area contributed by atoms with Crippen molar-refractivity contribution in [3.05, 3.63) is 64.2 Å². The third-order valence-electron chi connectivity index (χ3n) is 2.68. The monoisotopic (exact) mass is 238 g/mol. The summed E-state index contributed by atoms with van der Waals surface area (Å²) in [7, 11) is 0. The lowest BCUT2D eigenvalue weighted by molar-refractivity contribution is -0.384. The fourth-order valence-electron chi connectivity index (χ4n) is 1.88. The van der Waals surface area contributed by atoms with Gasteiger partial charge >= 0.3 is 0 Å². The highest BCUT2D eigenvalue weighted by molar-refractivity contribution is 5.76. The smallest absolute Gasteiger partial charge is 0.258 e. The largest absolute Gasteiger partial charge is 0.277 e. The van der Waals surface area contributed by atoms with E-state index in [1.165, 1.54) is 6.07 Å². The lowest BCUT2D eigenvalue weighted by Gasteiger charge is -2.07. The van der Waals surface area contributed by atoms with Gasteiger partial charge in [-0.25, -0.2) is 0 Å². The highest BCUT2D eigenvalue weighted by Crippen LogP contribution is 2.31. The normalized spacial score (nSPS) is 9.72. The summed E-state index contributed by atoms with van der Waals surface area (Å²) in [6.45, 7) is 0. The van der Waals surface area contributed by atoms with Crippen LogP contribution in [0.5, 0.6) is 0 Å². The first-order valence-electron chi connectivity index (χ1n) is 5.42. The molecule has 0 aliphatic heterocycles. The summed E-state index contributed by atoms with van der Waals surface area (Å²) < 4.78 is 0. The van der Waals surface area contributed by atoms with Crippen LogP contribution in [0.15, 0.2) is 48.5 Å². The number of benzene rings is 2. The van der Waals surface area contributed by atoms with E-state index in [0.717, 1.165) is 11.1 Å². The lowest BCUT2D eigenvalue weighted by Crippen LogP contribution is -1.94. The van der Waals surface area contributed by atoms with Crippen LogP contribution in [-0.4, -0.2) is 4.92 Å². The number of hydrogen-bond acceptors (Lipinski definition) is 3. The van der Waals surface area contributed by atoms with Gasteiger partial charge in [-0.2, -0.15) is 5.26 Å². The summed E-state index contributed by atoms with van der Waals surface area (Å²) in [6, 6.07) is 15.9. The molecule has 4 heteroatoms. The van der Waals surface area contributed by atoms with E-state index in [-0.39, 0.29) is 12.1 Å². The van der Waals surface area contributed by atoms with Gasteiger partial charge < -0.3 is 0 Å². The molecule has 18 heavy (non-hydrogen) atoms. The van der Waals surface area contributed by atoms with Crippen molar-refractivity contribution in [3.63, 3.8) is 0 Å². The van der Waals surface area contributed by atoms with Gasteiger partial charge in [-0.15, -0.1) is 0 Å². The molecule has 0 fully saturated rings. The maximum absolute atomic E-state index is 11.0. The third-order valence-corrected chi connectivity index (χ3v) is 2.68. The molecule has 0 saturated heterocycles. The molecule has 4 nitrogen and oxygen atoms in total. The van der Waals surface area contributed by atoms with E-state index in [9.17, 15) is 10.1 Å². The summed E-state index contributed by atoms with van der Waals surface area (Å²) >= 11 is 0.